The number of aromatic nitrogens is 1. The van der Waals surface area contributed by atoms with Gasteiger partial charge in [0.1, 0.15) is 11.6 Å². The average molecular weight is 370 g/mol. The van der Waals surface area contributed by atoms with Gasteiger partial charge in [0.15, 0.2) is 0 Å². The number of primary amides is 1. The molecule has 4 rings (SSSR count). The van der Waals surface area contributed by atoms with Gasteiger partial charge >= 0.3 is 0 Å². The molecule has 0 unspecified atom stereocenters. The van der Waals surface area contributed by atoms with E-state index in [4.69, 9.17) is 17.3 Å². The van der Waals surface area contributed by atoms with Gasteiger partial charge in [0.25, 0.3) is 0 Å². The molecule has 26 heavy (non-hydrogen) atoms. The van der Waals surface area contributed by atoms with E-state index < -0.39 is 17.5 Å². The summed E-state index contributed by atoms with van der Waals surface area (Å²) in [5.41, 5.74) is 7.17. The molecule has 1 heterocycles. The second-order valence-corrected chi connectivity index (χ2v) is 6.34. The minimum Gasteiger partial charge on any atom is -0.366 e. The van der Waals surface area contributed by atoms with Gasteiger partial charge in [-0.2, -0.15) is 0 Å². The normalized spacial score (nSPS) is 11.3. The maximum absolute atomic E-state index is 14.3. The maximum atomic E-state index is 14.3. The van der Waals surface area contributed by atoms with Crippen molar-refractivity contribution in [3.05, 3.63) is 82.4 Å². The summed E-state index contributed by atoms with van der Waals surface area (Å²) in [7, 11) is 0. The quantitative estimate of drug-likeness (QED) is 0.560. The molecular weight excluding hydrogens is 358 g/mol. The first-order valence-electron chi connectivity index (χ1n) is 7.82. The molecule has 1 radical (unpaired) electrons. The van der Waals surface area contributed by atoms with Crippen molar-refractivity contribution >= 4 is 39.3 Å². The summed E-state index contributed by atoms with van der Waals surface area (Å²) in [5.74, 6) is -1.54. The van der Waals surface area contributed by atoms with Gasteiger partial charge in [-0.1, -0.05) is 23.7 Å². The Morgan fingerprint density at radius 2 is 1.92 bits per heavy atom. The van der Waals surface area contributed by atoms with E-state index in [9.17, 15) is 13.6 Å². The van der Waals surface area contributed by atoms with Crippen LogP contribution in [0.25, 0.3) is 21.8 Å². The van der Waals surface area contributed by atoms with Crippen LogP contribution in [0.4, 0.5) is 8.78 Å². The lowest BCUT2D eigenvalue weighted by Gasteiger charge is -2.10. The average Bonchev–Trinajstić information content (AvgIpc) is 2.91. The summed E-state index contributed by atoms with van der Waals surface area (Å²) in [6.07, 6.45) is 0. The molecule has 0 saturated heterocycles. The molecule has 0 atom stereocenters. The number of amides is 1. The highest BCUT2D eigenvalue weighted by atomic mass is 35.5. The number of carbonyl (C=O) groups excluding carboxylic acids is 1. The van der Waals surface area contributed by atoms with E-state index in [1.807, 2.05) is 0 Å². The number of halogens is 3. The summed E-state index contributed by atoms with van der Waals surface area (Å²) < 4.78 is 29.9. The third-order valence-corrected chi connectivity index (χ3v) is 4.76. The fourth-order valence-corrected chi connectivity index (χ4v) is 3.47. The summed E-state index contributed by atoms with van der Waals surface area (Å²) in [4.78, 5) is 11.8. The number of benzene rings is 3. The second kappa shape index (κ2) is 6.11. The van der Waals surface area contributed by atoms with E-state index in [-0.39, 0.29) is 17.1 Å². The van der Waals surface area contributed by atoms with Crippen LogP contribution in [0.15, 0.2) is 48.5 Å². The standard InChI is InChI=1S/C20H12ClF2N2O/c21-15-4-2-5-16(23)14(15)10-25-17-6-1-3-13(20(24)26)19(17)12-8-7-11(22)9-18(12)25/h1-7,9H,10H2,(H2,24,26). The minimum atomic E-state index is -0.601. The van der Waals surface area contributed by atoms with Crippen LogP contribution in [0.3, 0.4) is 0 Å². The number of hydrogen-bond acceptors (Lipinski definition) is 1. The molecule has 1 aromatic heterocycles. The highest BCUT2D eigenvalue weighted by molar-refractivity contribution is 6.31. The van der Waals surface area contributed by atoms with Crippen LogP contribution in [0.5, 0.6) is 0 Å². The molecule has 0 aliphatic heterocycles. The van der Waals surface area contributed by atoms with E-state index in [0.717, 1.165) is 0 Å². The zero-order valence-electron chi connectivity index (χ0n) is 13.4. The van der Waals surface area contributed by atoms with Gasteiger partial charge in [0.2, 0.25) is 5.91 Å². The minimum absolute atomic E-state index is 0.0744. The molecular formula is C20H12ClF2N2O. The first-order valence-corrected chi connectivity index (χ1v) is 8.20. The van der Waals surface area contributed by atoms with Gasteiger partial charge in [-0.15, -0.1) is 0 Å². The summed E-state index contributed by atoms with van der Waals surface area (Å²) in [5, 5.41) is 1.37. The Balaban J connectivity index is 2.09. The number of fused-ring (bicyclic) bond motifs is 3. The Kier molecular flexibility index (Phi) is 3.89. The van der Waals surface area contributed by atoms with Crippen molar-refractivity contribution in [2.45, 2.75) is 6.54 Å². The Morgan fingerprint density at radius 1 is 1.15 bits per heavy atom. The highest BCUT2D eigenvalue weighted by Crippen LogP contribution is 2.33. The van der Waals surface area contributed by atoms with Crippen molar-refractivity contribution in [1.82, 2.24) is 4.57 Å². The molecule has 6 heteroatoms. The molecule has 0 fully saturated rings. The van der Waals surface area contributed by atoms with Crippen molar-refractivity contribution in [2.75, 3.05) is 0 Å². The van der Waals surface area contributed by atoms with Gasteiger partial charge in [0.05, 0.1) is 17.6 Å². The SMILES string of the molecule is NC(=O)c1cccc2c1c1[c]cc(F)cc1n2Cc1c(F)cccc1Cl. The molecule has 3 nitrogen and oxygen atoms in total. The van der Waals surface area contributed by atoms with E-state index >= 15 is 0 Å². The summed E-state index contributed by atoms with van der Waals surface area (Å²) in [6.45, 7) is 0.0744. The Hall–Kier alpha value is -2.92. The van der Waals surface area contributed by atoms with E-state index in [1.165, 1.54) is 24.3 Å². The second-order valence-electron chi connectivity index (χ2n) is 5.93. The number of carbonyl (C=O) groups is 1. The number of nitrogens with two attached hydrogens (primary N) is 1. The maximum Gasteiger partial charge on any atom is 0.249 e. The van der Waals surface area contributed by atoms with Crippen molar-refractivity contribution in [3.63, 3.8) is 0 Å². The van der Waals surface area contributed by atoms with E-state index in [0.29, 0.717) is 27.4 Å². The van der Waals surface area contributed by atoms with Crippen LogP contribution in [0.2, 0.25) is 5.02 Å². The van der Waals surface area contributed by atoms with Crippen molar-refractivity contribution in [1.29, 1.82) is 0 Å². The first kappa shape index (κ1) is 16.5. The monoisotopic (exact) mass is 369 g/mol. The summed E-state index contributed by atoms with van der Waals surface area (Å²) >= 11 is 6.15. The van der Waals surface area contributed by atoms with Gasteiger partial charge in [-0.05, 0) is 42.5 Å². The van der Waals surface area contributed by atoms with Crippen molar-refractivity contribution in [2.24, 2.45) is 5.73 Å². The fraction of sp³-hybridized carbons (Fsp3) is 0.0500. The van der Waals surface area contributed by atoms with Crippen LogP contribution in [-0.2, 0) is 6.54 Å². The topological polar surface area (TPSA) is 48.0 Å². The fourth-order valence-electron chi connectivity index (χ4n) is 3.25. The van der Waals surface area contributed by atoms with E-state index in [2.05, 4.69) is 6.07 Å². The third kappa shape index (κ3) is 2.52. The molecule has 0 aliphatic rings. The largest absolute Gasteiger partial charge is 0.366 e. The summed E-state index contributed by atoms with van der Waals surface area (Å²) in [6, 6.07) is 14.9. The number of nitrogens with zero attached hydrogens (tertiary/aromatic N) is 1. The Bertz CT molecular complexity index is 1160. The molecule has 0 spiro atoms. The number of rotatable bonds is 3. The highest BCUT2D eigenvalue weighted by Gasteiger charge is 2.18. The van der Waals surface area contributed by atoms with Gasteiger partial charge < -0.3 is 10.3 Å². The molecule has 2 N–H and O–H groups in total. The van der Waals surface area contributed by atoms with Crippen LogP contribution in [-0.4, -0.2) is 10.5 Å². The smallest absolute Gasteiger partial charge is 0.249 e. The number of hydrogen-bond donors (Lipinski definition) is 1. The lowest BCUT2D eigenvalue weighted by molar-refractivity contribution is 0.100. The molecule has 1 amide bonds. The predicted octanol–water partition coefficient (Wildman–Crippen LogP) is 4.67. The molecule has 4 aromatic rings. The molecule has 3 aromatic carbocycles. The molecule has 129 valence electrons. The lowest BCUT2D eigenvalue weighted by Crippen LogP contribution is -2.11. The van der Waals surface area contributed by atoms with Crippen LogP contribution in [0.1, 0.15) is 15.9 Å². The van der Waals surface area contributed by atoms with Gasteiger partial charge in [-0.3, -0.25) is 4.79 Å². The van der Waals surface area contributed by atoms with Crippen LogP contribution in [0, 0.1) is 17.7 Å². The molecule has 0 aliphatic carbocycles. The van der Waals surface area contributed by atoms with Crippen molar-refractivity contribution in [3.8, 4) is 0 Å². The molecule has 0 bridgehead atoms. The van der Waals surface area contributed by atoms with E-state index in [1.54, 1.807) is 28.8 Å². The van der Waals surface area contributed by atoms with Crippen molar-refractivity contribution < 1.29 is 13.6 Å². The first-order chi connectivity index (χ1) is 12.5. The predicted molar refractivity (Wildman–Crippen MR) is 97.3 cm³/mol. The van der Waals surface area contributed by atoms with Gasteiger partial charge in [-0.25, -0.2) is 8.78 Å². The van der Waals surface area contributed by atoms with Crippen LogP contribution < -0.4 is 5.73 Å². The molecule has 0 saturated carbocycles. The van der Waals surface area contributed by atoms with Gasteiger partial charge in [0, 0.05) is 26.9 Å². The lowest BCUT2D eigenvalue weighted by atomic mass is 10.1. The Labute approximate surface area is 152 Å². The third-order valence-electron chi connectivity index (χ3n) is 4.40. The van der Waals surface area contributed by atoms with Crippen LogP contribution >= 0.6 is 11.6 Å². The zero-order valence-corrected chi connectivity index (χ0v) is 14.1. The zero-order chi connectivity index (χ0) is 18.4. The Morgan fingerprint density at radius 3 is 2.65 bits per heavy atom.